The van der Waals surface area contributed by atoms with Crippen LogP contribution in [0.5, 0.6) is 0 Å². The summed E-state index contributed by atoms with van der Waals surface area (Å²) < 4.78 is 16.9. The molecule has 2 aliphatic heterocycles. The van der Waals surface area contributed by atoms with Crippen LogP contribution in [-0.2, 0) is 32.5 Å². The third kappa shape index (κ3) is 1.66. The van der Waals surface area contributed by atoms with Gasteiger partial charge in [-0.25, -0.2) is 4.79 Å². The first-order chi connectivity index (χ1) is 11.3. The molecule has 3 N–H and O–H groups in total. The topological polar surface area (TPSA) is 121 Å². The Morgan fingerprint density at radius 3 is 2.68 bits per heavy atom. The van der Waals surface area contributed by atoms with Gasteiger partial charge in [-0.1, -0.05) is 13.8 Å². The Hall–Kier alpha value is -1.70. The molecule has 0 radical (unpaired) electrons. The molecule has 4 aliphatic rings. The Morgan fingerprint density at radius 2 is 2.00 bits per heavy atom. The number of fused-ring (bicyclic) bond motifs is 4. The summed E-state index contributed by atoms with van der Waals surface area (Å²) in [5, 5.41) is 10.7. The van der Waals surface area contributed by atoms with Gasteiger partial charge in [-0.2, -0.15) is 0 Å². The van der Waals surface area contributed by atoms with E-state index in [1.54, 1.807) is 13.0 Å². The van der Waals surface area contributed by atoms with Gasteiger partial charge in [0.15, 0.2) is 0 Å². The summed E-state index contributed by atoms with van der Waals surface area (Å²) in [6, 6.07) is 1.55. The van der Waals surface area contributed by atoms with Gasteiger partial charge in [0.25, 0.3) is 0 Å². The highest BCUT2D eigenvalue weighted by Gasteiger charge is 2.78. The minimum atomic E-state index is -1.00. The molecule has 2 saturated heterocycles. The maximum Gasteiger partial charge on any atom is 0.336 e. The highest BCUT2D eigenvalue weighted by molar-refractivity contribution is 5.82. The van der Waals surface area contributed by atoms with Crippen molar-refractivity contribution in [1.29, 1.82) is 0 Å². The lowest BCUT2D eigenvalue weighted by Gasteiger charge is -2.50. The van der Waals surface area contributed by atoms with Crippen molar-refractivity contribution in [3.8, 4) is 0 Å². The van der Waals surface area contributed by atoms with Crippen molar-refractivity contribution in [3.05, 3.63) is 33.4 Å². The Labute approximate surface area is 144 Å². The molecule has 7 nitrogen and oxygen atoms in total. The molecule has 0 unspecified atom stereocenters. The number of aryl methyl sites for hydroxylation is 1. The minimum absolute atomic E-state index is 0. The van der Waals surface area contributed by atoms with Crippen LogP contribution in [0.3, 0.4) is 0 Å². The first-order valence-electron chi connectivity index (χ1n) is 8.54. The number of epoxide rings is 1. The van der Waals surface area contributed by atoms with E-state index >= 15 is 0 Å². The lowest BCUT2D eigenvalue weighted by Crippen LogP contribution is -2.62. The van der Waals surface area contributed by atoms with Crippen LogP contribution < -0.4 is 5.63 Å². The van der Waals surface area contributed by atoms with Crippen LogP contribution in [0.1, 0.15) is 37.7 Å². The molecule has 0 spiro atoms. The Bertz CT molecular complexity index is 829. The van der Waals surface area contributed by atoms with Crippen molar-refractivity contribution in [2.75, 3.05) is 0 Å². The van der Waals surface area contributed by atoms with Crippen LogP contribution in [0.4, 0.5) is 0 Å². The van der Waals surface area contributed by atoms with Crippen LogP contribution in [0.15, 0.2) is 15.3 Å². The second kappa shape index (κ2) is 4.72. The number of hydrogen-bond donors (Lipinski definition) is 1. The van der Waals surface area contributed by atoms with E-state index in [0.717, 1.165) is 11.1 Å². The lowest BCUT2D eigenvalue weighted by atomic mass is 9.49. The van der Waals surface area contributed by atoms with Crippen molar-refractivity contribution in [2.24, 2.45) is 11.3 Å². The highest BCUT2D eigenvalue weighted by Crippen LogP contribution is 2.66. The summed E-state index contributed by atoms with van der Waals surface area (Å²) in [6.45, 7) is 5.76. The normalized spacial score (nSPS) is 45.6. The molecule has 25 heavy (non-hydrogen) atoms. The van der Waals surface area contributed by atoms with E-state index in [1.807, 2.05) is 13.8 Å². The van der Waals surface area contributed by atoms with Crippen LogP contribution in [0.25, 0.3) is 0 Å². The fraction of sp³-hybridized carbons (Fsp3) is 0.667. The van der Waals surface area contributed by atoms with Crippen molar-refractivity contribution >= 4 is 5.97 Å². The summed E-state index contributed by atoms with van der Waals surface area (Å²) in [5.74, 6) is 0.0794. The van der Waals surface area contributed by atoms with E-state index in [-0.39, 0.29) is 41.3 Å². The fourth-order valence-corrected chi connectivity index (χ4v) is 5.76. The maximum atomic E-state index is 12.6. The number of hydrogen-bond acceptors (Lipinski definition) is 6. The summed E-state index contributed by atoms with van der Waals surface area (Å²) in [5.41, 5.74) is -0.0510. The van der Waals surface area contributed by atoms with Gasteiger partial charge < -0.3 is 24.5 Å². The monoisotopic (exact) mass is 350 g/mol. The average molecular weight is 350 g/mol. The summed E-state index contributed by atoms with van der Waals surface area (Å²) in [7, 11) is 0. The molecule has 0 bridgehead atoms. The molecule has 7 atom stereocenters. The molecule has 5 rings (SSSR count). The second-order valence-electron chi connectivity index (χ2n) is 7.89. The minimum Gasteiger partial charge on any atom is -0.461 e. The number of esters is 1. The van der Waals surface area contributed by atoms with E-state index in [0.29, 0.717) is 18.6 Å². The molecule has 3 heterocycles. The standard InChI is InChI=1S/C18H20O6.H2O/c1-4-9-7-5-10-13-17(2,8(7)6-11(19)22-9)15-12(24-15)14(20)18(13,3)16(21)23-10;/h6,10,12-15,20H,4-5H2,1-3H3;1H2/t10-,12-,13-,14+,15-,17-,18-;/m1./s1. The van der Waals surface area contributed by atoms with Gasteiger partial charge in [0.2, 0.25) is 0 Å². The highest BCUT2D eigenvalue weighted by atomic mass is 16.6. The van der Waals surface area contributed by atoms with Gasteiger partial charge in [0, 0.05) is 30.2 Å². The Balaban J connectivity index is 0.00000157. The van der Waals surface area contributed by atoms with Crippen LogP contribution >= 0.6 is 0 Å². The SMILES string of the molecule is CCc1oc(=O)cc2c1C[C@H]1OC(=O)[C@@]3(C)[C@@H](O)[C@H]4O[C@H]4[C@@]2(C)[C@@H]13.O. The molecule has 3 fully saturated rings. The molecule has 136 valence electrons. The number of carbonyl (C=O) groups is 1. The van der Waals surface area contributed by atoms with Crippen molar-refractivity contribution in [2.45, 2.75) is 63.4 Å². The molecule has 1 aromatic heterocycles. The summed E-state index contributed by atoms with van der Waals surface area (Å²) in [6.07, 6.45) is -0.648. The third-order valence-corrected chi connectivity index (χ3v) is 6.86. The van der Waals surface area contributed by atoms with Crippen LogP contribution in [-0.4, -0.2) is 41.0 Å². The number of aliphatic hydroxyl groups is 1. The molecular weight excluding hydrogens is 328 g/mol. The molecule has 1 aromatic rings. The average Bonchev–Trinajstić information content (AvgIpc) is 3.29. The number of aliphatic hydroxyl groups excluding tert-OH is 1. The number of ether oxygens (including phenoxy) is 2. The van der Waals surface area contributed by atoms with E-state index < -0.39 is 16.9 Å². The predicted molar refractivity (Wildman–Crippen MR) is 85.2 cm³/mol. The maximum absolute atomic E-state index is 12.6. The Kier molecular flexibility index (Phi) is 3.16. The molecule has 0 aromatic carbocycles. The van der Waals surface area contributed by atoms with Gasteiger partial charge >= 0.3 is 11.6 Å². The smallest absolute Gasteiger partial charge is 0.336 e. The van der Waals surface area contributed by atoms with Gasteiger partial charge in [0.1, 0.15) is 23.4 Å². The number of carbonyl (C=O) groups excluding carboxylic acids is 1. The zero-order valence-corrected chi connectivity index (χ0v) is 14.4. The predicted octanol–water partition coefficient (Wildman–Crippen LogP) is -0.119. The molecule has 1 saturated carbocycles. The first kappa shape index (κ1) is 16.8. The molecule has 7 heteroatoms. The van der Waals surface area contributed by atoms with E-state index in [2.05, 4.69) is 0 Å². The molecule has 0 amide bonds. The Morgan fingerprint density at radius 1 is 1.28 bits per heavy atom. The van der Waals surface area contributed by atoms with E-state index in [4.69, 9.17) is 13.9 Å². The van der Waals surface area contributed by atoms with Crippen LogP contribution in [0.2, 0.25) is 0 Å². The van der Waals surface area contributed by atoms with E-state index in [1.165, 1.54) is 0 Å². The fourth-order valence-electron chi connectivity index (χ4n) is 5.76. The summed E-state index contributed by atoms with van der Waals surface area (Å²) in [4.78, 5) is 24.7. The quantitative estimate of drug-likeness (QED) is 0.557. The zero-order chi connectivity index (χ0) is 17.0. The van der Waals surface area contributed by atoms with Gasteiger partial charge in [0.05, 0.1) is 12.2 Å². The molecular formula is C18H22O7. The second-order valence-corrected chi connectivity index (χ2v) is 7.89. The van der Waals surface area contributed by atoms with Crippen molar-refractivity contribution < 1.29 is 29.3 Å². The third-order valence-electron chi connectivity index (χ3n) is 6.86. The number of rotatable bonds is 1. The molecule has 2 aliphatic carbocycles. The largest absolute Gasteiger partial charge is 0.461 e. The van der Waals surface area contributed by atoms with Crippen molar-refractivity contribution in [3.63, 3.8) is 0 Å². The van der Waals surface area contributed by atoms with Crippen LogP contribution in [0, 0.1) is 11.3 Å². The zero-order valence-electron chi connectivity index (χ0n) is 14.4. The van der Waals surface area contributed by atoms with E-state index in [9.17, 15) is 14.7 Å². The lowest BCUT2D eigenvalue weighted by molar-refractivity contribution is -0.154. The van der Waals surface area contributed by atoms with Gasteiger partial charge in [-0.05, 0) is 18.1 Å². The van der Waals surface area contributed by atoms with Crippen molar-refractivity contribution in [1.82, 2.24) is 0 Å². The van der Waals surface area contributed by atoms with Gasteiger partial charge in [-0.3, -0.25) is 4.79 Å². The summed E-state index contributed by atoms with van der Waals surface area (Å²) >= 11 is 0. The van der Waals surface area contributed by atoms with Gasteiger partial charge in [-0.15, -0.1) is 0 Å². The first-order valence-corrected chi connectivity index (χ1v) is 8.54.